The maximum absolute atomic E-state index is 12.1. The van der Waals surface area contributed by atoms with E-state index in [9.17, 15) is 29.8 Å². The van der Waals surface area contributed by atoms with Gasteiger partial charge in [-0.25, -0.2) is 0 Å². The fraction of sp³-hybridized carbons (Fsp3) is 0.188. The average Bonchev–Trinajstić information content (AvgIpc) is 3.41. The van der Waals surface area contributed by atoms with Gasteiger partial charge < -0.3 is 15.2 Å². The molecule has 0 saturated heterocycles. The van der Waals surface area contributed by atoms with Crippen LogP contribution >= 0.6 is 0 Å². The number of nitro benzene ring substituents is 1. The van der Waals surface area contributed by atoms with E-state index in [-0.39, 0.29) is 42.7 Å². The third-order valence-corrected chi connectivity index (χ3v) is 3.80. The van der Waals surface area contributed by atoms with Crippen molar-refractivity contribution >= 4 is 23.2 Å². The van der Waals surface area contributed by atoms with Gasteiger partial charge in [0.05, 0.1) is 9.85 Å². The second-order valence-corrected chi connectivity index (χ2v) is 5.99. The van der Waals surface area contributed by atoms with Crippen molar-refractivity contribution in [2.24, 2.45) is 0 Å². The minimum Gasteiger partial charge on any atom is -0.353 e. The molecule has 0 atom stereocenters. The standard InChI is InChI=1S/C16H14N8O7/c25-13(9-22-8-12(7-19-22)24(29)30)17-4-5-18-15(26)16-20-14(21-31-16)10-2-1-3-11(6-10)23(27)28/h1-3,6-8H,4-5,9H2,(H,17,25)(H,18,26). The van der Waals surface area contributed by atoms with Crippen LogP contribution in [-0.4, -0.2) is 54.7 Å². The number of carbonyl (C=O) groups excluding carboxylic acids is 2. The molecule has 0 aliphatic carbocycles. The van der Waals surface area contributed by atoms with E-state index >= 15 is 0 Å². The molecule has 31 heavy (non-hydrogen) atoms. The Kier molecular flexibility index (Phi) is 6.24. The van der Waals surface area contributed by atoms with E-state index in [0.717, 1.165) is 17.1 Å². The molecule has 15 nitrogen and oxygen atoms in total. The molecular formula is C16H14N8O7. The van der Waals surface area contributed by atoms with Gasteiger partial charge >= 0.3 is 17.5 Å². The lowest BCUT2D eigenvalue weighted by atomic mass is 10.2. The van der Waals surface area contributed by atoms with E-state index < -0.39 is 21.7 Å². The summed E-state index contributed by atoms with van der Waals surface area (Å²) < 4.78 is 5.97. The van der Waals surface area contributed by atoms with Gasteiger partial charge in [0.1, 0.15) is 18.9 Å². The van der Waals surface area contributed by atoms with Crippen LogP contribution in [0, 0.1) is 20.2 Å². The minimum atomic E-state index is -0.693. The minimum absolute atomic E-state index is 0.00969. The van der Waals surface area contributed by atoms with E-state index in [1.54, 1.807) is 0 Å². The van der Waals surface area contributed by atoms with Crippen LogP contribution < -0.4 is 10.6 Å². The highest BCUT2D eigenvalue weighted by atomic mass is 16.6. The van der Waals surface area contributed by atoms with Crippen molar-refractivity contribution in [3.63, 3.8) is 0 Å². The molecule has 0 unspecified atom stereocenters. The Morgan fingerprint density at radius 2 is 1.84 bits per heavy atom. The summed E-state index contributed by atoms with van der Waals surface area (Å²) in [6.07, 6.45) is 2.15. The van der Waals surface area contributed by atoms with Crippen LogP contribution in [0.1, 0.15) is 10.7 Å². The Balaban J connectivity index is 1.46. The molecule has 0 fully saturated rings. The van der Waals surface area contributed by atoms with Crippen LogP contribution in [0.4, 0.5) is 11.4 Å². The van der Waals surface area contributed by atoms with Crippen molar-refractivity contribution in [1.82, 2.24) is 30.6 Å². The van der Waals surface area contributed by atoms with Crippen molar-refractivity contribution in [2.45, 2.75) is 6.54 Å². The summed E-state index contributed by atoms with van der Waals surface area (Å²) in [5.41, 5.74) is -0.0824. The van der Waals surface area contributed by atoms with E-state index in [2.05, 4.69) is 25.9 Å². The second-order valence-electron chi connectivity index (χ2n) is 5.99. The third-order valence-electron chi connectivity index (χ3n) is 3.80. The first-order valence-electron chi connectivity index (χ1n) is 8.64. The summed E-state index contributed by atoms with van der Waals surface area (Å²) in [6.45, 7) is -0.115. The largest absolute Gasteiger partial charge is 0.353 e. The Hall–Kier alpha value is -4.69. The van der Waals surface area contributed by atoms with E-state index in [0.29, 0.717) is 5.56 Å². The second kappa shape index (κ2) is 9.21. The van der Waals surface area contributed by atoms with Crippen LogP contribution in [-0.2, 0) is 11.3 Å². The average molecular weight is 430 g/mol. The molecule has 160 valence electrons. The Morgan fingerprint density at radius 1 is 1.10 bits per heavy atom. The van der Waals surface area contributed by atoms with Crippen molar-refractivity contribution < 1.29 is 24.0 Å². The molecule has 0 saturated carbocycles. The van der Waals surface area contributed by atoms with E-state index in [4.69, 9.17) is 4.52 Å². The first kappa shape index (κ1) is 21.0. The molecule has 2 aromatic heterocycles. The van der Waals surface area contributed by atoms with E-state index in [1.165, 1.54) is 24.3 Å². The van der Waals surface area contributed by atoms with Gasteiger partial charge in [0.2, 0.25) is 11.7 Å². The number of nitrogens with zero attached hydrogens (tertiary/aromatic N) is 6. The SMILES string of the molecule is O=C(Cn1cc([N+](=O)[O-])cn1)NCCNC(=O)c1nc(-c2cccc([N+](=O)[O-])c2)no1. The summed E-state index contributed by atoms with van der Waals surface area (Å²) in [6, 6.07) is 5.53. The summed E-state index contributed by atoms with van der Waals surface area (Å²) in [5.74, 6) is -1.49. The fourth-order valence-corrected chi connectivity index (χ4v) is 2.38. The van der Waals surface area contributed by atoms with Crippen molar-refractivity contribution in [1.29, 1.82) is 0 Å². The molecule has 15 heteroatoms. The van der Waals surface area contributed by atoms with Gasteiger partial charge in [-0.15, -0.1) is 0 Å². The number of hydrogen-bond donors (Lipinski definition) is 2. The molecule has 0 spiro atoms. The first-order valence-corrected chi connectivity index (χ1v) is 8.64. The zero-order chi connectivity index (χ0) is 22.4. The normalized spacial score (nSPS) is 10.5. The maximum Gasteiger partial charge on any atom is 0.316 e. The van der Waals surface area contributed by atoms with Gasteiger partial charge in [0.25, 0.3) is 5.69 Å². The number of nitro groups is 2. The number of nitrogens with one attached hydrogen (secondary N) is 2. The Morgan fingerprint density at radius 3 is 2.55 bits per heavy atom. The predicted octanol–water partition coefficient (Wildman–Crippen LogP) is 0.296. The number of non-ortho nitro benzene ring substituents is 1. The summed E-state index contributed by atoms with van der Waals surface area (Å²) >= 11 is 0. The fourth-order valence-electron chi connectivity index (χ4n) is 2.38. The summed E-state index contributed by atoms with van der Waals surface area (Å²) in [5, 5.41) is 33.7. The van der Waals surface area contributed by atoms with Gasteiger partial charge in [-0.3, -0.25) is 34.5 Å². The molecule has 3 rings (SSSR count). The number of hydrogen-bond acceptors (Lipinski definition) is 10. The molecule has 3 aromatic rings. The highest BCUT2D eigenvalue weighted by molar-refractivity contribution is 5.89. The molecule has 0 radical (unpaired) electrons. The van der Waals surface area contributed by atoms with Crippen LogP contribution in [0.3, 0.4) is 0 Å². The smallest absolute Gasteiger partial charge is 0.316 e. The highest BCUT2D eigenvalue weighted by Gasteiger charge is 2.17. The topological polar surface area (TPSA) is 201 Å². The molecule has 0 aliphatic rings. The van der Waals surface area contributed by atoms with Crippen LogP contribution in [0.2, 0.25) is 0 Å². The van der Waals surface area contributed by atoms with Crippen LogP contribution in [0.5, 0.6) is 0 Å². The van der Waals surface area contributed by atoms with Crippen molar-refractivity contribution in [3.05, 3.63) is 62.8 Å². The lowest BCUT2D eigenvalue weighted by Gasteiger charge is -2.05. The quantitative estimate of drug-likeness (QED) is 0.270. The first-order chi connectivity index (χ1) is 14.8. The van der Waals surface area contributed by atoms with Gasteiger partial charge in [0.15, 0.2) is 0 Å². The monoisotopic (exact) mass is 430 g/mol. The maximum atomic E-state index is 12.1. The third kappa shape index (κ3) is 5.43. The zero-order valence-electron chi connectivity index (χ0n) is 15.6. The predicted molar refractivity (Wildman–Crippen MR) is 101 cm³/mol. The van der Waals surface area contributed by atoms with Crippen LogP contribution in [0.15, 0.2) is 41.2 Å². The molecule has 0 aliphatic heterocycles. The number of aromatic nitrogens is 4. The molecule has 0 bridgehead atoms. The summed E-state index contributed by atoms with van der Waals surface area (Å²) in [4.78, 5) is 48.0. The van der Waals surface area contributed by atoms with Gasteiger partial charge in [-0.2, -0.15) is 10.1 Å². The lowest BCUT2D eigenvalue weighted by Crippen LogP contribution is -2.36. The zero-order valence-corrected chi connectivity index (χ0v) is 15.6. The number of rotatable bonds is 9. The number of amides is 2. The number of benzene rings is 1. The van der Waals surface area contributed by atoms with Gasteiger partial charge in [-0.1, -0.05) is 17.3 Å². The summed E-state index contributed by atoms with van der Waals surface area (Å²) in [7, 11) is 0. The molecule has 1 aromatic carbocycles. The van der Waals surface area contributed by atoms with Crippen molar-refractivity contribution in [2.75, 3.05) is 13.1 Å². The molecular weight excluding hydrogens is 416 g/mol. The molecule has 2 N–H and O–H groups in total. The highest BCUT2D eigenvalue weighted by Crippen LogP contribution is 2.21. The Bertz CT molecular complexity index is 1140. The van der Waals surface area contributed by atoms with Crippen LogP contribution in [0.25, 0.3) is 11.4 Å². The van der Waals surface area contributed by atoms with E-state index in [1.807, 2.05) is 0 Å². The Labute approximate surface area is 172 Å². The molecule has 2 heterocycles. The van der Waals surface area contributed by atoms with Gasteiger partial charge in [0, 0.05) is 30.8 Å². The lowest BCUT2D eigenvalue weighted by molar-refractivity contribution is -0.385. The van der Waals surface area contributed by atoms with Crippen molar-refractivity contribution in [3.8, 4) is 11.4 Å². The van der Waals surface area contributed by atoms with Gasteiger partial charge in [-0.05, 0) is 0 Å². The number of carbonyl (C=O) groups is 2. The molecule has 2 amide bonds.